The average Bonchev–Trinajstić information content (AvgIpc) is 2.99. The first-order chi connectivity index (χ1) is 14.1. The van der Waals surface area contributed by atoms with E-state index in [1.165, 1.54) is 4.90 Å². The van der Waals surface area contributed by atoms with Gasteiger partial charge in [0, 0.05) is 10.6 Å². The van der Waals surface area contributed by atoms with Gasteiger partial charge in [0.2, 0.25) is 5.91 Å². The largest absolute Gasteiger partial charge is 0.494 e. The summed E-state index contributed by atoms with van der Waals surface area (Å²) >= 11 is 7.01. The van der Waals surface area contributed by atoms with Gasteiger partial charge in [0.25, 0.3) is 5.24 Å². The van der Waals surface area contributed by atoms with Crippen LogP contribution in [0.3, 0.4) is 0 Å². The van der Waals surface area contributed by atoms with Gasteiger partial charge in [-0.3, -0.25) is 14.5 Å². The molecule has 1 heterocycles. The van der Waals surface area contributed by atoms with Crippen LogP contribution >= 0.6 is 23.4 Å². The van der Waals surface area contributed by atoms with Crippen molar-refractivity contribution in [1.29, 1.82) is 0 Å². The maximum atomic E-state index is 13.0. The van der Waals surface area contributed by atoms with Gasteiger partial charge in [-0.05, 0) is 47.9 Å². The van der Waals surface area contributed by atoms with Crippen molar-refractivity contribution in [3.63, 3.8) is 0 Å². The number of hydrogen-bond acceptors (Lipinski definition) is 4. The molecule has 1 atom stereocenters. The summed E-state index contributed by atoms with van der Waals surface area (Å²) in [6.45, 7) is 2.73. The van der Waals surface area contributed by atoms with Crippen LogP contribution in [-0.4, -0.2) is 27.9 Å². The van der Waals surface area contributed by atoms with Gasteiger partial charge in [-0.1, -0.05) is 65.8 Å². The SMILES string of the molecule is CCOc1ccc2ccccc2c1C[C@@H]1SC(=O)N(Cc2ccc(Cl)cc2)C1=O. The van der Waals surface area contributed by atoms with Crippen molar-refractivity contribution >= 4 is 45.3 Å². The highest BCUT2D eigenvalue weighted by Gasteiger charge is 2.40. The second-order valence-electron chi connectivity index (χ2n) is 6.82. The van der Waals surface area contributed by atoms with Gasteiger partial charge in [-0.2, -0.15) is 0 Å². The van der Waals surface area contributed by atoms with Crippen molar-refractivity contribution in [2.45, 2.75) is 25.1 Å². The van der Waals surface area contributed by atoms with E-state index in [1.54, 1.807) is 12.1 Å². The molecule has 0 bridgehead atoms. The molecule has 6 heteroatoms. The first kappa shape index (κ1) is 19.8. The van der Waals surface area contributed by atoms with E-state index in [0.29, 0.717) is 18.1 Å². The van der Waals surface area contributed by atoms with Gasteiger partial charge in [0.1, 0.15) is 5.75 Å². The molecular formula is C23H20ClNO3S. The van der Waals surface area contributed by atoms with Crippen LogP contribution in [-0.2, 0) is 17.8 Å². The molecular weight excluding hydrogens is 406 g/mol. The van der Waals surface area contributed by atoms with E-state index >= 15 is 0 Å². The topological polar surface area (TPSA) is 46.6 Å². The van der Waals surface area contributed by atoms with Crippen LogP contribution in [0.5, 0.6) is 5.75 Å². The fraction of sp³-hybridized carbons (Fsp3) is 0.217. The number of carbonyl (C=O) groups excluding carboxylic acids is 2. The Labute approximate surface area is 178 Å². The number of hydrogen-bond donors (Lipinski definition) is 0. The van der Waals surface area contributed by atoms with E-state index in [0.717, 1.165) is 39.4 Å². The fourth-order valence-corrected chi connectivity index (χ4v) is 4.68. The van der Waals surface area contributed by atoms with E-state index in [-0.39, 0.29) is 17.7 Å². The van der Waals surface area contributed by atoms with Crippen LogP contribution in [0.2, 0.25) is 5.02 Å². The Morgan fingerprint density at radius 2 is 1.79 bits per heavy atom. The summed E-state index contributed by atoms with van der Waals surface area (Å²) in [4.78, 5) is 26.9. The summed E-state index contributed by atoms with van der Waals surface area (Å²) in [5, 5.41) is 2.09. The quantitative estimate of drug-likeness (QED) is 0.508. The fourth-order valence-electron chi connectivity index (χ4n) is 3.55. The van der Waals surface area contributed by atoms with E-state index in [4.69, 9.17) is 16.3 Å². The molecule has 29 heavy (non-hydrogen) atoms. The summed E-state index contributed by atoms with van der Waals surface area (Å²) in [6.07, 6.45) is 0.447. The Balaban J connectivity index is 1.60. The van der Waals surface area contributed by atoms with Gasteiger partial charge >= 0.3 is 0 Å². The maximum absolute atomic E-state index is 13.0. The molecule has 1 fully saturated rings. The van der Waals surface area contributed by atoms with Crippen LogP contribution in [0.1, 0.15) is 18.1 Å². The number of fused-ring (bicyclic) bond motifs is 1. The second kappa shape index (κ2) is 8.47. The molecule has 148 valence electrons. The number of ether oxygens (including phenoxy) is 1. The minimum absolute atomic E-state index is 0.162. The Hall–Kier alpha value is -2.50. The zero-order valence-corrected chi connectivity index (χ0v) is 17.5. The Morgan fingerprint density at radius 1 is 1.03 bits per heavy atom. The lowest BCUT2D eigenvalue weighted by Crippen LogP contribution is -2.31. The lowest BCUT2D eigenvalue weighted by molar-refractivity contribution is -0.127. The number of benzene rings is 3. The van der Waals surface area contributed by atoms with Crippen molar-refractivity contribution in [3.8, 4) is 5.75 Å². The van der Waals surface area contributed by atoms with Gasteiger partial charge in [-0.15, -0.1) is 0 Å². The summed E-state index contributed by atoms with van der Waals surface area (Å²) in [5.74, 6) is 0.605. The van der Waals surface area contributed by atoms with Crippen molar-refractivity contribution in [3.05, 3.63) is 76.8 Å². The normalized spacial score (nSPS) is 16.6. The van der Waals surface area contributed by atoms with Crippen LogP contribution in [0.25, 0.3) is 10.8 Å². The molecule has 3 aromatic rings. The lowest BCUT2D eigenvalue weighted by Gasteiger charge is -2.16. The Morgan fingerprint density at radius 3 is 2.55 bits per heavy atom. The van der Waals surface area contributed by atoms with Gasteiger partial charge < -0.3 is 4.74 Å². The number of nitrogens with zero attached hydrogens (tertiary/aromatic N) is 1. The number of amides is 2. The Bertz CT molecular complexity index is 1070. The standard InChI is InChI=1S/C23H20ClNO3S/c1-2-28-20-12-9-16-5-3-4-6-18(16)19(20)13-21-22(26)25(23(27)29-21)14-15-7-10-17(24)11-8-15/h3-12,21H,2,13-14H2,1H3/t21-/m0/s1. The molecule has 1 aliphatic heterocycles. The average molecular weight is 426 g/mol. The van der Waals surface area contributed by atoms with Crippen LogP contribution in [0.4, 0.5) is 4.79 Å². The second-order valence-corrected chi connectivity index (χ2v) is 8.41. The highest BCUT2D eigenvalue weighted by molar-refractivity contribution is 8.15. The molecule has 1 saturated heterocycles. The van der Waals surface area contributed by atoms with Crippen molar-refractivity contribution in [2.24, 2.45) is 0 Å². The minimum Gasteiger partial charge on any atom is -0.494 e. The van der Waals surface area contributed by atoms with Crippen molar-refractivity contribution in [2.75, 3.05) is 6.61 Å². The summed E-state index contributed by atoms with van der Waals surface area (Å²) in [6, 6.07) is 19.2. The predicted octanol–water partition coefficient (Wildman–Crippen LogP) is 5.70. The zero-order chi connectivity index (χ0) is 20.4. The number of imide groups is 1. The van der Waals surface area contributed by atoms with Crippen LogP contribution in [0.15, 0.2) is 60.7 Å². The first-order valence-electron chi connectivity index (χ1n) is 9.46. The summed E-state index contributed by atoms with van der Waals surface area (Å²) < 4.78 is 5.82. The monoisotopic (exact) mass is 425 g/mol. The molecule has 0 aliphatic carbocycles. The molecule has 4 rings (SSSR count). The molecule has 0 unspecified atom stereocenters. The van der Waals surface area contributed by atoms with E-state index in [9.17, 15) is 9.59 Å². The van der Waals surface area contributed by atoms with E-state index < -0.39 is 5.25 Å². The van der Waals surface area contributed by atoms with E-state index in [2.05, 4.69) is 0 Å². The number of rotatable bonds is 6. The summed E-state index contributed by atoms with van der Waals surface area (Å²) in [7, 11) is 0. The van der Waals surface area contributed by atoms with Gasteiger partial charge in [0.15, 0.2) is 0 Å². The van der Waals surface area contributed by atoms with Crippen LogP contribution < -0.4 is 4.74 Å². The number of thioether (sulfide) groups is 1. The lowest BCUT2D eigenvalue weighted by atomic mass is 9.99. The third-order valence-corrected chi connectivity index (χ3v) is 6.27. The first-order valence-corrected chi connectivity index (χ1v) is 10.7. The molecule has 2 amide bonds. The molecule has 4 nitrogen and oxygen atoms in total. The number of halogens is 1. The predicted molar refractivity (Wildman–Crippen MR) is 118 cm³/mol. The third kappa shape index (κ3) is 4.11. The molecule has 1 aliphatic rings. The highest BCUT2D eigenvalue weighted by atomic mass is 35.5. The minimum atomic E-state index is -0.459. The van der Waals surface area contributed by atoms with Gasteiger partial charge in [-0.25, -0.2) is 0 Å². The number of carbonyl (C=O) groups is 2. The van der Waals surface area contributed by atoms with Crippen LogP contribution in [0, 0.1) is 0 Å². The molecule has 0 saturated carbocycles. The van der Waals surface area contributed by atoms with E-state index in [1.807, 2.05) is 55.5 Å². The van der Waals surface area contributed by atoms with Crippen molar-refractivity contribution in [1.82, 2.24) is 4.90 Å². The smallest absolute Gasteiger partial charge is 0.289 e. The highest BCUT2D eigenvalue weighted by Crippen LogP contribution is 2.36. The molecule has 0 spiro atoms. The zero-order valence-electron chi connectivity index (χ0n) is 15.9. The van der Waals surface area contributed by atoms with Crippen molar-refractivity contribution < 1.29 is 14.3 Å². The molecule has 0 N–H and O–H groups in total. The molecule has 0 aromatic heterocycles. The molecule has 3 aromatic carbocycles. The van der Waals surface area contributed by atoms with Gasteiger partial charge in [0.05, 0.1) is 18.4 Å². The molecule has 0 radical (unpaired) electrons. The maximum Gasteiger partial charge on any atom is 0.289 e. The Kier molecular flexibility index (Phi) is 5.79. The summed E-state index contributed by atoms with van der Waals surface area (Å²) in [5.41, 5.74) is 1.84. The third-order valence-electron chi connectivity index (χ3n) is 4.95.